The fourth-order valence-electron chi connectivity index (χ4n) is 6.92. The highest BCUT2D eigenvalue weighted by atomic mass is 32.9. The molecule has 0 aliphatic heterocycles. The van der Waals surface area contributed by atoms with Gasteiger partial charge < -0.3 is 21.3 Å². The molecule has 0 aromatic rings. The average molecular weight is 402 g/mol. The lowest BCUT2D eigenvalue weighted by Gasteiger charge is -2.46. The van der Waals surface area contributed by atoms with Crippen molar-refractivity contribution in [2.75, 3.05) is 0 Å². The highest BCUT2D eigenvalue weighted by Gasteiger charge is 2.64. The molecule has 0 heterocycles. The number of hydrogen-bond donors (Lipinski definition) is 0. The first-order chi connectivity index (χ1) is 11.3. The Labute approximate surface area is 164 Å². The third-order valence-corrected chi connectivity index (χ3v) is 12.0. The first-order valence-electron chi connectivity index (χ1n) is 10.0. The van der Waals surface area contributed by atoms with Gasteiger partial charge in [-0.2, -0.15) is 0 Å². The molecule has 0 saturated heterocycles. The summed E-state index contributed by atoms with van der Waals surface area (Å²) in [7, 11) is 0. The van der Waals surface area contributed by atoms with Crippen molar-refractivity contribution in [1.82, 2.24) is 0 Å². The summed E-state index contributed by atoms with van der Waals surface area (Å²) in [5, 5.41) is 0. The number of fused-ring (bicyclic) bond motifs is 4. The van der Waals surface area contributed by atoms with Gasteiger partial charge in [-0.15, -0.1) is 0 Å². The van der Waals surface area contributed by atoms with E-state index in [2.05, 4.69) is 41.5 Å². The molecular weight excluding hydrogens is 367 g/mol. The molecule has 0 spiro atoms. The zero-order valence-electron chi connectivity index (χ0n) is 16.6. The molecule has 0 aromatic carbocycles. The minimum atomic E-state index is -2.63. The van der Waals surface area contributed by atoms with Gasteiger partial charge >= 0.3 is 0 Å². The van der Waals surface area contributed by atoms with E-state index in [0.717, 1.165) is 24.7 Å². The standard InChI is InChI=1S/C20H35O2PS2/c1-17(2)13-7-9-19(17,5)15(11-13)21-23(24,25)22-16-12-14-8-10-20(16,6)18(14,3)4/h13-16H,7-12H2,1-6H3,(H,24,25)/p-1/t13-,14-,15-,16-,19-,20-/m0/s1. The van der Waals surface area contributed by atoms with Gasteiger partial charge in [0.2, 0.25) is 0 Å². The van der Waals surface area contributed by atoms with Crippen molar-refractivity contribution in [3.63, 3.8) is 0 Å². The molecule has 0 aromatic heterocycles. The fraction of sp³-hybridized carbons (Fsp3) is 1.00. The predicted molar refractivity (Wildman–Crippen MR) is 110 cm³/mol. The van der Waals surface area contributed by atoms with Crippen LogP contribution in [0.15, 0.2) is 0 Å². The summed E-state index contributed by atoms with van der Waals surface area (Å²) < 4.78 is 12.9. The molecule has 2 nitrogen and oxygen atoms in total. The number of hydrogen-bond acceptors (Lipinski definition) is 4. The van der Waals surface area contributed by atoms with Crippen LogP contribution >= 0.6 is 5.69 Å². The SMILES string of the molecule is CC1(C)[C@H]2CC[C@@]1(C)[C@@H](OP(=S)([S-])O[C@H]1C[C@@H]3CC[C@]1(C)C3(C)C)C2. The molecule has 0 radical (unpaired) electrons. The van der Waals surface area contributed by atoms with Gasteiger partial charge in [0.25, 0.3) is 0 Å². The molecule has 25 heavy (non-hydrogen) atoms. The van der Waals surface area contributed by atoms with Gasteiger partial charge in [-0.3, -0.25) is 0 Å². The van der Waals surface area contributed by atoms with Gasteiger partial charge in [-0.25, -0.2) is 0 Å². The third kappa shape index (κ3) is 2.46. The van der Waals surface area contributed by atoms with Crippen LogP contribution in [0.1, 0.15) is 80.1 Å². The van der Waals surface area contributed by atoms with Gasteiger partial charge in [0.1, 0.15) is 0 Å². The quantitative estimate of drug-likeness (QED) is 0.411. The van der Waals surface area contributed by atoms with E-state index >= 15 is 0 Å². The molecule has 6 atom stereocenters. The Morgan fingerprint density at radius 2 is 1.16 bits per heavy atom. The van der Waals surface area contributed by atoms with Crippen molar-refractivity contribution in [3.8, 4) is 0 Å². The molecule has 4 aliphatic rings. The molecule has 0 N–H and O–H groups in total. The lowest BCUT2D eigenvalue weighted by Crippen LogP contribution is -2.38. The number of rotatable bonds is 4. The third-order valence-electron chi connectivity index (χ3n) is 9.94. The normalized spacial score (nSPS) is 49.9. The van der Waals surface area contributed by atoms with E-state index in [-0.39, 0.29) is 23.0 Å². The van der Waals surface area contributed by atoms with Crippen LogP contribution in [0, 0.1) is 33.5 Å². The van der Waals surface area contributed by atoms with E-state index in [1.807, 2.05) is 0 Å². The molecule has 5 heteroatoms. The highest BCUT2D eigenvalue weighted by molar-refractivity contribution is 8.51. The molecule has 0 unspecified atom stereocenters. The Morgan fingerprint density at radius 1 is 0.800 bits per heavy atom. The van der Waals surface area contributed by atoms with Crippen molar-refractivity contribution in [3.05, 3.63) is 0 Å². The van der Waals surface area contributed by atoms with Crippen molar-refractivity contribution in [1.29, 1.82) is 0 Å². The molecule has 4 aliphatic carbocycles. The first kappa shape index (κ1) is 19.2. The highest BCUT2D eigenvalue weighted by Crippen LogP contribution is 2.71. The first-order valence-corrected chi connectivity index (χ1v) is 13.7. The van der Waals surface area contributed by atoms with Crippen LogP contribution in [0.25, 0.3) is 0 Å². The largest absolute Gasteiger partial charge is 0.691 e. The van der Waals surface area contributed by atoms with Gasteiger partial charge in [-0.1, -0.05) is 53.3 Å². The van der Waals surface area contributed by atoms with Crippen molar-refractivity contribution in [2.45, 2.75) is 92.3 Å². The van der Waals surface area contributed by atoms with Crippen LogP contribution in [-0.4, -0.2) is 12.2 Å². The van der Waals surface area contributed by atoms with Crippen LogP contribution in [0.5, 0.6) is 0 Å². The lowest BCUT2D eigenvalue weighted by molar-refractivity contribution is 0.00161. The Kier molecular flexibility index (Phi) is 4.23. The van der Waals surface area contributed by atoms with Crippen LogP contribution in [0.2, 0.25) is 0 Å². The van der Waals surface area contributed by atoms with Crippen LogP contribution in [0.4, 0.5) is 0 Å². The molecule has 4 fully saturated rings. The van der Waals surface area contributed by atoms with E-state index < -0.39 is 5.69 Å². The summed E-state index contributed by atoms with van der Waals surface area (Å²) in [4.78, 5) is 0. The lowest BCUT2D eigenvalue weighted by atomic mass is 9.70. The monoisotopic (exact) mass is 401 g/mol. The Morgan fingerprint density at radius 3 is 1.40 bits per heavy atom. The predicted octanol–water partition coefficient (Wildman–Crippen LogP) is 6.22. The van der Waals surface area contributed by atoms with E-state index in [4.69, 9.17) is 33.1 Å². The average Bonchev–Trinajstić information content (AvgIpc) is 2.98. The van der Waals surface area contributed by atoms with Gasteiger partial charge in [0, 0.05) is 0 Å². The maximum absolute atomic E-state index is 6.47. The summed E-state index contributed by atoms with van der Waals surface area (Å²) in [6.45, 7) is 14.4. The molecule has 0 amide bonds. The zero-order chi connectivity index (χ0) is 18.5. The van der Waals surface area contributed by atoms with Gasteiger partial charge in [0.15, 0.2) is 0 Å². The summed E-state index contributed by atoms with van der Waals surface area (Å²) in [6, 6.07) is 0. The summed E-state index contributed by atoms with van der Waals surface area (Å²) in [5.74, 6) is 1.48. The van der Waals surface area contributed by atoms with Crippen molar-refractivity contribution in [2.24, 2.45) is 33.5 Å². The molecule has 4 bridgehead atoms. The minimum absolute atomic E-state index is 0.184. The van der Waals surface area contributed by atoms with Crippen molar-refractivity contribution < 1.29 is 9.05 Å². The molecular formula is C20H34O2PS2-. The fourth-order valence-corrected chi connectivity index (χ4v) is 9.47. The maximum atomic E-state index is 6.47. The second-order valence-corrected chi connectivity index (χ2v) is 15.8. The Hall–Kier alpha value is 0.920. The Balaban J connectivity index is 1.49. The summed E-state index contributed by atoms with van der Waals surface area (Å²) in [5.41, 5.74) is -1.60. The summed E-state index contributed by atoms with van der Waals surface area (Å²) >= 11 is 11.6. The van der Waals surface area contributed by atoms with Crippen LogP contribution in [-0.2, 0) is 33.1 Å². The van der Waals surface area contributed by atoms with E-state index in [1.54, 1.807) is 0 Å². The van der Waals surface area contributed by atoms with Crippen molar-refractivity contribution >= 4 is 29.7 Å². The zero-order valence-corrected chi connectivity index (χ0v) is 19.2. The van der Waals surface area contributed by atoms with Crippen LogP contribution in [0.3, 0.4) is 0 Å². The molecule has 4 rings (SSSR count). The molecule has 4 saturated carbocycles. The smallest absolute Gasteiger partial charge is 0.0693 e. The summed E-state index contributed by atoms with van der Waals surface area (Å²) in [6.07, 6.45) is 7.69. The Bertz CT molecular complexity index is 583. The van der Waals surface area contributed by atoms with Gasteiger partial charge in [0.05, 0.1) is 17.9 Å². The van der Waals surface area contributed by atoms with E-state index in [9.17, 15) is 0 Å². The minimum Gasteiger partial charge on any atom is -0.691 e. The van der Waals surface area contributed by atoms with E-state index in [0.29, 0.717) is 10.8 Å². The van der Waals surface area contributed by atoms with E-state index in [1.165, 1.54) is 25.7 Å². The maximum Gasteiger partial charge on any atom is 0.0693 e. The second-order valence-electron chi connectivity index (χ2n) is 10.9. The van der Waals surface area contributed by atoms with Gasteiger partial charge in [-0.05, 0) is 72.0 Å². The second kappa shape index (κ2) is 5.50. The van der Waals surface area contributed by atoms with Crippen LogP contribution < -0.4 is 0 Å². The molecule has 144 valence electrons. The topological polar surface area (TPSA) is 18.5 Å².